The zero-order valence-corrected chi connectivity index (χ0v) is 11.8. The average molecular weight is 313 g/mol. The Balaban J connectivity index is 2.12. The summed E-state index contributed by atoms with van der Waals surface area (Å²) >= 11 is 5.85. The van der Waals surface area contributed by atoms with Crippen LogP contribution in [0.4, 0.5) is 5.69 Å². The van der Waals surface area contributed by atoms with Crippen LogP contribution < -0.4 is 5.32 Å². The van der Waals surface area contributed by atoms with Crippen LogP contribution >= 0.6 is 11.6 Å². The fourth-order valence-corrected chi connectivity index (χ4v) is 2.25. The van der Waals surface area contributed by atoms with Gasteiger partial charge in [-0.2, -0.15) is 0 Å². The first-order valence-corrected chi connectivity index (χ1v) is 6.79. The molecule has 0 radical (unpaired) electrons. The van der Waals surface area contributed by atoms with Crippen LogP contribution in [-0.2, 0) is 9.53 Å². The Kier molecular flexibility index (Phi) is 4.74. The van der Waals surface area contributed by atoms with E-state index in [4.69, 9.17) is 16.3 Å². The fraction of sp³-hybridized carbons (Fsp3) is 0.385. The first-order chi connectivity index (χ1) is 9.99. The number of benzene rings is 1. The molecule has 112 valence electrons. The maximum Gasteiger partial charge on any atom is 0.340 e. The number of amides is 1. The van der Waals surface area contributed by atoms with Crippen molar-refractivity contribution in [3.63, 3.8) is 0 Å². The minimum atomic E-state index is -0.855. The molecule has 1 aliphatic rings. The number of nitro groups is 1. The lowest BCUT2D eigenvalue weighted by Gasteiger charge is -2.14. The van der Waals surface area contributed by atoms with Gasteiger partial charge < -0.3 is 10.1 Å². The van der Waals surface area contributed by atoms with E-state index in [2.05, 4.69) is 5.32 Å². The minimum absolute atomic E-state index is 0.000636. The highest BCUT2D eigenvalue weighted by Crippen LogP contribution is 2.24. The van der Waals surface area contributed by atoms with Gasteiger partial charge in [-0.1, -0.05) is 11.6 Å². The van der Waals surface area contributed by atoms with Gasteiger partial charge in [-0.3, -0.25) is 14.9 Å². The molecule has 0 bridgehead atoms. The van der Waals surface area contributed by atoms with E-state index in [9.17, 15) is 19.7 Å². The standard InChI is InChI=1S/C13H13ClN2O5/c14-10-7-8(16(19)20)4-5-9(10)13(18)21-11-3-1-2-6-15-12(11)17/h4-5,7,11H,1-3,6H2,(H,15,17)/t11-/m0/s1. The summed E-state index contributed by atoms with van der Waals surface area (Å²) in [5.74, 6) is -1.10. The molecule has 21 heavy (non-hydrogen) atoms. The van der Waals surface area contributed by atoms with Crippen LogP contribution in [-0.4, -0.2) is 29.4 Å². The predicted octanol–water partition coefficient (Wildman–Crippen LogP) is 2.07. The maximum absolute atomic E-state index is 12.0. The number of ether oxygens (including phenoxy) is 1. The molecule has 1 aromatic rings. The van der Waals surface area contributed by atoms with Crippen molar-refractivity contribution in [1.82, 2.24) is 5.32 Å². The SMILES string of the molecule is O=C(O[C@H]1CCCCNC1=O)c1ccc([N+](=O)[O-])cc1Cl. The maximum atomic E-state index is 12.0. The van der Waals surface area contributed by atoms with Crippen molar-refractivity contribution in [1.29, 1.82) is 0 Å². The van der Waals surface area contributed by atoms with Crippen molar-refractivity contribution in [2.24, 2.45) is 0 Å². The number of hydrogen-bond donors (Lipinski definition) is 1. The number of carbonyl (C=O) groups is 2. The first-order valence-electron chi connectivity index (χ1n) is 6.41. The zero-order chi connectivity index (χ0) is 15.4. The predicted molar refractivity (Wildman–Crippen MR) is 74.2 cm³/mol. The van der Waals surface area contributed by atoms with Gasteiger partial charge >= 0.3 is 5.97 Å². The zero-order valence-electron chi connectivity index (χ0n) is 11.0. The van der Waals surface area contributed by atoms with Gasteiger partial charge in [0, 0.05) is 18.7 Å². The van der Waals surface area contributed by atoms with Gasteiger partial charge in [0.05, 0.1) is 15.5 Å². The van der Waals surface area contributed by atoms with E-state index in [-0.39, 0.29) is 22.2 Å². The summed E-state index contributed by atoms with van der Waals surface area (Å²) in [7, 11) is 0. The molecule has 1 heterocycles. The summed E-state index contributed by atoms with van der Waals surface area (Å²) < 4.78 is 5.15. The topological polar surface area (TPSA) is 98.5 Å². The summed E-state index contributed by atoms with van der Waals surface area (Å²) in [6.07, 6.45) is 1.19. The third kappa shape index (κ3) is 3.69. The molecule has 0 unspecified atom stereocenters. The van der Waals surface area contributed by atoms with Crippen LogP contribution in [0.5, 0.6) is 0 Å². The Bertz CT molecular complexity index is 590. The van der Waals surface area contributed by atoms with E-state index in [1.807, 2.05) is 0 Å². The number of nitro benzene ring substituents is 1. The van der Waals surface area contributed by atoms with Crippen molar-refractivity contribution in [2.75, 3.05) is 6.54 Å². The smallest absolute Gasteiger partial charge is 0.340 e. The summed E-state index contributed by atoms with van der Waals surface area (Å²) in [5.41, 5.74) is -0.219. The lowest BCUT2D eigenvalue weighted by atomic mass is 10.1. The molecule has 8 heteroatoms. The molecular formula is C13H13ClN2O5. The molecule has 1 atom stereocenters. The van der Waals surface area contributed by atoms with Crippen LogP contribution in [0.15, 0.2) is 18.2 Å². The van der Waals surface area contributed by atoms with E-state index in [0.717, 1.165) is 25.0 Å². The second kappa shape index (κ2) is 6.53. The van der Waals surface area contributed by atoms with Gasteiger partial charge in [-0.15, -0.1) is 0 Å². The number of esters is 1. The highest BCUT2D eigenvalue weighted by molar-refractivity contribution is 6.33. The lowest BCUT2D eigenvalue weighted by Crippen LogP contribution is -2.36. The quantitative estimate of drug-likeness (QED) is 0.523. The number of rotatable bonds is 3. The Hall–Kier alpha value is -2.15. The van der Waals surface area contributed by atoms with Gasteiger partial charge in [0.15, 0.2) is 6.10 Å². The summed E-state index contributed by atoms with van der Waals surface area (Å²) in [6, 6.07) is 3.46. The molecule has 7 nitrogen and oxygen atoms in total. The number of nitrogens with one attached hydrogen (secondary N) is 1. The Morgan fingerprint density at radius 1 is 1.43 bits per heavy atom. The normalized spacial score (nSPS) is 18.5. The van der Waals surface area contributed by atoms with Gasteiger partial charge in [0.1, 0.15) is 0 Å². The second-order valence-corrected chi connectivity index (χ2v) is 5.01. The summed E-state index contributed by atoms with van der Waals surface area (Å²) in [6.45, 7) is 0.561. The van der Waals surface area contributed by atoms with Crippen molar-refractivity contribution in [2.45, 2.75) is 25.4 Å². The van der Waals surface area contributed by atoms with Gasteiger partial charge in [-0.25, -0.2) is 4.79 Å². The lowest BCUT2D eigenvalue weighted by molar-refractivity contribution is -0.384. The molecule has 0 spiro atoms. The monoisotopic (exact) mass is 312 g/mol. The molecule has 1 amide bonds. The van der Waals surface area contributed by atoms with E-state index < -0.39 is 17.0 Å². The van der Waals surface area contributed by atoms with E-state index in [1.165, 1.54) is 6.07 Å². The van der Waals surface area contributed by atoms with Crippen LogP contribution in [0.25, 0.3) is 0 Å². The number of carbonyl (C=O) groups excluding carboxylic acids is 2. The van der Waals surface area contributed by atoms with Gasteiger partial charge in [-0.05, 0) is 25.3 Å². The highest BCUT2D eigenvalue weighted by atomic mass is 35.5. The molecular weight excluding hydrogens is 300 g/mol. The molecule has 1 aliphatic heterocycles. The largest absolute Gasteiger partial charge is 0.449 e. The van der Waals surface area contributed by atoms with E-state index in [0.29, 0.717) is 13.0 Å². The Labute approximate surface area is 125 Å². The molecule has 0 aromatic heterocycles. The average Bonchev–Trinajstić information content (AvgIpc) is 2.63. The van der Waals surface area contributed by atoms with Crippen molar-refractivity contribution >= 4 is 29.2 Å². The van der Waals surface area contributed by atoms with E-state index >= 15 is 0 Å². The van der Waals surface area contributed by atoms with Gasteiger partial charge in [0.25, 0.3) is 11.6 Å². The Morgan fingerprint density at radius 2 is 2.19 bits per heavy atom. The molecule has 0 saturated carbocycles. The third-order valence-electron chi connectivity index (χ3n) is 3.12. The second-order valence-electron chi connectivity index (χ2n) is 4.60. The van der Waals surface area contributed by atoms with Crippen LogP contribution in [0.1, 0.15) is 29.6 Å². The van der Waals surface area contributed by atoms with E-state index in [1.54, 1.807) is 0 Å². The summed E-state index contributed by atoms with van der Waals surface area (Å²) in [4.78, 5) is 33.7. The molecule has 1 fully saturated rings. The fourth-order valence-electron chi connectivity index (χ4n) is 2.00. The molecule has 0 aliphatic carbocycles. The van der Waals surface area contributed by atoms with Crippen LogP contribution in [0, 0.1) is 10.1 Å². The first kappa shape index (κ1) is 15.2. The van der Waals surface area contributed by atoms with Crippen LogP contribution in [0.3, 0.4) is 0 Å². The highest BCUT2D eigenvalue weighted by Gasteiger charge is 2.26. The Morgan fingerprint density at radius 3 is 2.86 bits per heavy atom. The third-order valence-corrected chi connectivity index (χ3v) is 3.43. The molecule has 1 N–H and O–H groups in total. The number of hydrogen-bond acceptors (Lipinski definition) is 5. The van der Waals surface area contributed by atoms with Crippen molar-refractivity contribution in [3.05, 3.63) is 38.9 Å². The summed E-state index contributed by atoms with van der Waals surface area (Å²) in [5, 5.41) is 13.2. The van der Waals surface area contributed by atoms with Crippen LogP contribution in [0.2, 0.25) is 5.02 Å². The number of halogens is 1. The molecule has 1 aromatic carbocycles. The van der Waals surface area contributed by atoms with Gasteiger partial charge in [0.2, 0.25) is 0 Å². The molecule has 2 rings (SSSR count). The minimum Gasteiger partial charge on any atom is -0.449 e. The molecule has 1 saturated heterocycles. The number of nitrogens with zero attached hydrogens (tertiary/aromatic N) is 1. The number of non-ortho nitro benzene ring substituents is 1. The van der Waals surface area contributed by atoms with Crippen molar-refractivity contribution in [3.8, 4) is 0 Å². The van der Waals surface area contributed by atoms with Crippen molar-refractivity contribution < 1.29 is 19.2 Å².